The van der Waals surface area contributed by atoms with Crippen LogP contribution < -0.4 is 5.56 Å². The van der Waals surface area contributed by atoms with E-state index in [0.29, 0.717) is 10.2 Å². The molecule has 0 saturated heterocycles. The molecule has 1 aliphatic carbocycles. The van der Waals surface area contributed by atoms with Gasteiger partial charge in [-0.05, 0) is 50.2 Å². The molecular weight excluding hydrogens is 384 g/mol. The van der Waals surface area contributed by atoms with Crippen LogP contribution in [0.4, 0.5) is 0 Å². The second-order valence-electron chi connectivity index (χ2n) is 7.71. The largest absolute Gasteiger partial charge is 0.461 e. The molecule has 3 aromatic rings. The minimum atomic E-state index is -0.698. The molecular formula is C23H26N2O3S. The van der Waals surface area contributed by atoms with Crippen LogP contribution in [0.1, 0.15) is 57.6 Å². The number of carbonyl (C=O) groups excluding carboxylic acids is 1. The van der Waals surface area contributed by atoms with Crippen molar-refractivity contribution in [1.29, 1.82) is 0 Å². The SMILES string of the molecule is CCc1ccc(-c2csc3ncn(C(C)C(=O)OC4CCCCC4)c(=O)c23)cc1. The zero-order valence-corrected chi connectivity index (χ0v) is 17.7. The smallest absolute Gasteiger partial charge is 0.329 e. The van der Waals surface area contributed by atoms with Crippen molar-refractivity contribution in [3.63, 3.8) is 0 Å². The van der Waals surface area contributed by atoms with E-state index < -0.39 is 6.04 Å². The molecule has 6 heteroatoms. The maximum atomic E-state index is 13.3. The highest BCUT2D eigenvalue weighted by atomic mass is 32.1. The molecule has 4 rings (SSSR count). The van der Waals surface area contributed by atoms with Gasteiger partial charge in [-0.1, -0.05) is 37.6 Å². The Balaban J connectivity index is 1.66. The lowest BCUT2D eigenvalue weighted by Gasteiger charge is -2.24. The molecule has 0 amide bonds. The van der Waals surface area contributed by atoms with Crippen molar-refractivity contribution in [2.75, 3.05) is 0 Å². The molecule has 0 bridgehead atoms. The van der Waals surface area contributed by atoms with Crippen molar-refractivity contribution < 1.29 is 9.53 Å². The summed E-state index contributed by atoms with van der Waals surface area (Å²) in [6, 6.07) is 7.54. The van der Waals surface area contributed by atoms with Gasteiger partial charge >= 0.3 is 5.97 Å². The van der Waals surface area contributed by atoms with Gasteiger partial charge in [0, 0.05) is 10.9 Å². The number of rotatable bonds is 5. The number of aryl methyl sites for hydroxylation is 1. The van der Waals surface area contributed by atoms with E-state index in [1.807, 2.05) is 17.5 Å². The first kappa shape index (κ1) is 19.8. The number of fused-ring (bicyclic) bond motifs is 1. The van der Waals surface area contributed by atoms with Gasteiger partial charge in [-0.15, -0.1) is 11.3 Å². The van der Waals surface area contributed by atoms with E-state index in [0.717, 1.165) is 43.2 Å². The fraction of sp³-hybridized carbons (Fsp3) is 0.435. The minimum absolute atomic E-state index is 0.0279. The van der Waals surface area contributed by atoms with E-state index in [4.69, 9.17) is 4.74 Å². The van der Waals surface area contributed by atoms with Crippen LogP contribution in [0.3, 0.4) is 0 Å². The van der Waals surface area contributed by atoms with Crippen LogP contribution in [0, 0.1) is 0 Å². The second kappa shape index (κ2) is 8.49. The second-order valence-corrected chi connectivity index (χ2v) is 8.57. The molecule has 1 fully saturated rings. The van der Waals surface area contributed by atoms with Gasteiger partial charge in [0.2, 0.25) is 0 Å². The summed E-state index contributed by atoms with van der Waals surface area (Å²) >= 11 is 1.45. The Labute approximate surface area is 174 Å². The fourth-order valence-corrected chi connectivity index (χ4v) is 4.82. The van der Waals surface area contributed by atoms with Gasteiger partial charge in [0.05, 0.1) is 11.7 Å². The summed E-state index contributed by atoms with van der Waals surface area (Å²) in [4.78, 5) is 31.1. The van der Waals surface area contributed by atoms with Crippen LogP contribution in [-0.4, -0.2) is 21.6 Å². The first-order chi connectivity index (χ1) is 14.1. The summed E-state index contributed by atoms with van der Waals surface area (Å²) < 4.78 is 7.08. The van der Waals surface area contributed by atoms with Crippen molar-refractivity contribution in [2.45, 2.75) is 64.5 Å². The van der Waals surface area contributed by atoms with E-state index >= 15 is 0 Å². The first-order valence-corrected chi connectivity index (χ1v) is 11.2. The summed E-state index contributed by atoms with van der Waals surface area (Å²) in [6.07, 6.45) is 7.62. The van der Waals surface area contributed by atoms with Gasteiger partial charge < -0.3 is 4.74 Å². The summed E-state index contributed by atoms with van der Waals surface area (Å²) in [5.41, 5.74) is 2.91. The molecule has 2 heterocycles. The Kier molecular flexibility index (Phi) is 5.81. The van der Waals surface area contributed by atoms with E-state index in [1.165, 1.54) is 34.2 Å². The molecule has 1 atom stereocenters. The predicted octanol–water partition coefficient (Wildman–Crippen LogP) is 5.12. The Morgan fingerprint density at radius 2 is 1.97 bits per heavy atom. The van der Waals surface area contributed by atoms with Gasteiger partial charge in [-0.2, -0.15) is 0 Å². The van der Waals surface area contributed by atoms with Crippen LogP contribution in [0.25, 0.3) is 21.3 Å². The number of hydrogen-bond acceptors (Lipinski definition) is 5. The van der Waals surface area contributed by atoms with Gasteiger partial charge in [0.15, 0.2) is 0 Å². The Morgan fingerprint density at radius 1 is 1.24 bits per heavy atom. The van der Waals surface area contributed by atoms with E-state index in [1.54, 1.807) is 6.92 Å². The van der Waals surface area contributed by atoms with Crippen LogP contribution in [-0.2, 0) is 16.0 Å². The summed E-state index contributed by atoms with van der Waals surface area (Å²) in [6.45, 7) is 3.83. The third kappa shape index (κ3) is 3.99. The van der Waals surface area contributed by atoms with Crippen molar-refractivity contribution in [3.05, 3.63) is 51.9 Å². The van der Waals surface area contributed by atoms with Crippen LogP contribution >= 0.6 is 11.3 Å². The summed E-state index contributed by atoms with van der Waals surface area (Å²) in [7, 11) is 0. The minimum Gasteiger partial charge on any atom is -0.461 e. The first-order valence-electron chi connectivity index (χ1n) is 10.4. The lowest BCUT2D eigenvalue weighted by atomic mass is 9.98. The number of carbonyl (C=O) groups is 1. The fourth-order valence-electron chi connectivity index (χ4n) is 3.91. The van der Waals surface area contributed by atoms with Crippen molar-refractivity contribution in [3.8, 4) is 11.1 Å². The average molecular weight is 411 g/mol. The highest BCUT2D eigenvalue weighted by Crippen LogP contribution is 2.31. The van der Waals surface area contributed by atoms with E-state index in [2.05, 4.69) is 24.0 Å². The number of hydrogen-bond donors (Lipinski definition) is 0. The Hall–Kier alpha value is -2.47. The Morgan fingerprint density at radius 3 is 2.66 bits per heavy atom. The third-order valence-electron chi connectivity index (χ3n) is 5.79. The topological polar surface area (TPSA) is 61.2 Å². The molecule has 0 N–H and O–H groups in total. The van der Waals surface area contributed by atoms with E-state index in [-0.39, 0.29) is 17.6 Å². The zero-order valence-electron chi connectivity index (χ0n) is 16.9. The highest BCUT2D eigenvalue weighted by Gasteiger charge is 2.25. The normalized spacial score (nSPS) is 16.1. The number of benzene rings is 1. The molecule has 0 spiro atoms. The lowest BCUT2D eigenvalue weighted by molar-refractivity contribution is -0.154. The van der Waals surface area contributed by atoms with Crippen LogP contribution in [0.2, 0.25) is 0 Å². The third-order valence-corrected chi connectivity index (χ3v) is 6.67. The highest BCUT2D eigenvalue weighted by molar-refractivity contribution is 7.17. The molecule has 5 nitrogen and oxygen atoms in total. The summed E-state index contributed by atoms with van der Waals surface area (Å²) in [5, 5.41) is 2.54. The summed E-state index contributed by atoms with van der Waals surface area (Å²) in [5.74, 6) is -0.357. The number of esters is 1. The molecule has 1 aliphatic rings. The molecule has 2 aromatic heterocycles. The number of thiophene rings is 1. The molecule has 29 heavy (non-hydrogen) atoms. The monoisotopic (exact) mass is 410 g/mol. The lowest BCUT2D eigenvalue weighted by Crippen LogP contribution is -2.32. The molecule has 0 aliphatic heterocycles. The van der Waals surface area contributed by atoms with Crippen molar-refractivity contribution in [1.82, 2.24) is 9.55 Å². The average Bonchev–Trinajstić information content (AvgIpc) is 3.19. The molecule has 152 valence electrons. The molecule has 1 unspecified atom stereocenters. The maximum Gasteiger partial charge on any atom is 0.329 e. The zero-order chi connectivity index (χ0) is 20.4. The van der Waals surface area contributed by atoms with Crippen LogP contribution in [0.5, 0.6) is 0 Å². The molecule has 1 saturated carbocycles. The van der Waals surface area contributed by atoms with Gasteiger partial charge in [0.25, 0.3) is 5.56 Å². The van der Waals surface area contributed by atoms with Gasteiger partial charge in [-0.3, -0.25) is 9.36 Å². The van der Waals surface area contributed by atoms with Gasteiger partial charge in [0.1, 0.15) is 17.0 Å². The number of aromatic nitrogens is 2. The number of nitrogens with zero attached hydrogens (tertiary/aromatic N) is 2. The maximum absolute atomic E-state index is 13.3. The van der Waals surface area contributed by atoms with Crippen LogP contribution in [0.15, 0.2) is 40.8 Å². The molecule has 1 aromatic carbocycles. The van der Waals surface area contributed by atoms with Crippen molar-refractivity contribution >= 4 is 27.5 Å². The Bertz CT molecular complexity index is 1060. The van der Waals surface area contributed by atoms with E-state index in [9.17, 15) is 9.59 Å². The molecule has 0 radical (unpaired) electrons. The van der Waals surface area contributed by atoms with Gasteiger partial charge in [-0.25, -0.2) is 9.78 Å². The standard InChI is InChI=1S/C23H26N2O3S/c1-3-16-9-11-17(12-10-16)19-13-29-21-20(19)22(26)25(14-24-21)15(2)23(27)28-18-7-5-4-6-8-18/h9-15,18H,3-8H2,1-2H3. The number of ether oxygens (including phenoxy) is 1. The predicted molar refractivity (Wildman–Crippen MR) is 116 cm³/mol. The quantitative estimate of drug-likeness (QED) is 0.548. The van der Waals surface area contributed by atoms with Crippen molar-refractivity contribution in [2.24, 2.45) is 0 Å².